The summed E-state index contributed by atoms with van der Waals surface area (Å²) in [6, 6.07) is 13.5. The van der Waals surface area contributed by atoms with Crippen molar-refractivity contribution in [3.8, 4) is 5.75 Å². The van der Waals surface area contributed by atoms with Gasteiger partial charge >= 0.3 is 0 Å². The third-order valence-electron chi connectivity index (χ3n) is 2.76. The van der Waals surface area contributed by atoms with Crippen molar-refractivity contribution in [2.75, 3.05) is 0 Å². The largest absolute Gasteiger partial charge is 0.491 e. The Kier molecular flexibility index (Phi) is 5.79. The quantitative estimate of drug-likeness (QED) is 0.599. The van der Waals surface area contributed by atoms with E-state index in [9.17, 15) is 8.42 Å². The van der Waals surface area contributed by atoms with Crippen molar-refractivity contribution in [2.24, 2.45) is 5.10 Å². The van der Waals surface area contributed by atoms with Crippen LogP contribution in [0.4, 0.5) is 0 Å². The molecule has 1 N–H and O–H groups in total. The summed E-state index contributed by atoms with van der Waals surface area (Å²) in [5, 5.41) is 3.78. The summed E-state index contributed by atoms with van der Waals surface area (Å²) < 4.78 is 30.7. The summed E-state index contributed by atoms with van der Waals surface area (Å²) in [4.78, 5) is 2.31. The zero-order chi connectivity index (χ0) is 16.9. The smallest absolute Gasteiger partial charge is 0.276 e. The maximum Gasteiger partial charge on any atom is 0.276 e. The summed E-state index contributed by atoms with van der Waals surface area (Å²) in [7, 11) is -3.70. The Balaban J connectivity index is 2.05. The average molecular weight is 397 g/mol. The van der Waals surface area contributed by atoms with Crippen molar-refractivity contribution in [1.82, 2.24) is 4.83 Å². The summed E-state index contributed by atoms with van der Waals surface area (Å²) in [5.41, 5.74) is 0.789. The second kappa shape index (κ2) is 7.61. The third-order valence-corrected chi connectivity index (χ3v) is 4.53. The Hall–Kier alpha value is -1.86. The molecule has 23 heavy (non-hydrogen) atoms. The highest BCUT2D eigenvalue weighted by molar-refractivity contribution is 9.10. The molecule has 0 atom stereocenters. The lowest BCUT2D eigenvalue weighted by Crippen LogP contribution is -2.18. The first kappa shape index (κ1) is 17.5. The Morgan fingerprint density at radius 1 is 1.09 bits per heavy atom. The monoisotopic (exact) mass is 396 g/mol. The van der Waals surface area contributed by atoms with E-state index < -0.39 is 10.0 Å². The first-order valence-electron chi connectivity index (χ1n) is 6.94. The highest BCUT2D eigenvalue weighted by atomic mass is 79.9. The highest BCUT2D eigenvalue weighted by Crippen LogP contribution is 2.17. The topological polar surface area (TPSA) is 67.8 Å². The molecule has 122 valence electrons. The van der Waals surface area contributed by atoms with Gasteiger partial charge < -0.3 is 4.74 Å². The van der Waals surface area contributed by atoms with Crippen molar-refractivity contribution < 1.29 is 13.2 Å². The van der Waals surface area contributed by atoms with Crippen LogP contribution in [0.25, 0.3) is 0 Å². The van der Waals surface area contributed by atoms with Crippen LogP contribution in [0.5, 0.6) is 5.75 Å². The van der Waals surface area contributed by atoms with Crippen LogP contribution in [0.2, 0.25) is 0 Å². The van der Waals surface area contributed by atoms with E-state index in [0.717, 1.165) is 10.0 Å². The van der Waals surface area contributed by atoms with Crippen LogP contribution in [0.1, 0.15) is 19.4 Å². The van der Waals surface area contributed by atoms with Gasteiger partial charge in [0.25, 0.3) is 10.0 Å². The summed E-state index contributed by atoms with van der Waals surface area (Å²) in [5.74, 6) is 0.623. The van der Waals surface area contributed by atoms with Crippen molar-refractivity contribution in [3.05, 3.63) is 58.6 Å². The lowest BCUT2D eigenvalue weighted by atomic mass is 10.2. The fourth-order valence-electron chi connectivity index (χ4n) is 1.74. The van der Waals surface area contributed by atoms with Gasteiger partial charge in [-0.1, -0.05) is 28.1 Å². The van der Waals surface area contributed by atoms with E-state index in [1.165, 1.54) is 18.3 Å². The number of nitrogens with zero attached hydrogens (tertiary/aromatic N) is 1. The minimum atomic E-state index is -3.70. The average Bonchev–Trinajstić information content (AvgIpc) is 2.49. The van der Waals surface area contributed by atoms with Gasteiger partial charge in [0.1, 0.15) is 5.75 Å². The fraction of sp³-hybridized carbons (Fsp3) is 0.188. The van der Waals surface area contributed by atoms with Crippen LogP contribution < -0.4 is 9.57 Å². The van der Waals surface area contributed by atoms with E-state index in [1.807, 2.05) is 38.1 Å². The molecule has 7 heteroatoms. The van der Waals surface area contributed by atoms with Crippen LogP contribution >= 0.6 is 15.9 Å². The van der Waals surface area contributed by atoms with Crippen LogP contribution in [0.3, 0.4) is 0 Å². The molecule has 0 aliphatic heterocycles. The molecule has 0 radical (unpaired) electrons. The summed E-state index contributed by atoms with van der Waals surface area (Å²) in [6.07, 6.45) is 1.48. The van der Waals surface area contributed by atoms with Gasteiger partial charge in [0.2, 0.25) is 0 Å². The molecule has 0 saturated carbocycles. The molecule has 0 aliphatic carbocycles. The van der Waals surface area contributed by atoms with Gasteiger partial charge in [-0.05, 0) is 55.8 Å². The van der Waals surface area contributed by atoms with E-state index >= 15 is 0 Å². The van der Waals surface area contributed by atoms with Gasteiger partial charge in [0.05, 0.1) is 17.2 Å². The maximum atomic E-state index is 12.1. The van der Waals surface area contributed by atoms with Crippen molar-refractivity contribution in [1.29, 1.82) is 0 Å². The zero-order valence-corrected chi connectivity index (χ0v) is 15.1. The van der Waals surface area contributed by atoms with Gasteiger partial charge in [0, 0.05) is 4.47 Å². The normalized spacial score (nSPS) is 11.8. The molecule has 0 bridgehead atoms. The van der Waals surface area contributed by atoms with E-state index in [2.05, 4.69) is 25.9 Å². The molecule has 0 heterocycles. The number of sulfonamides is 1. The Morgan fingerprint density at radius 3 is 2.26 bits per heavy atom. The Morgan fingerprint density at radius 2 is 1.70 bits per heavy atom. The number of hydrogen-bond donors (Lipinski definition) is 1. The maximum absolute atomic E-state index is 12.1. The van der Waals surface area contributed by atoms with Gasteiger partial charge in [0.15, 0.2) is 0 Å². The van der Waals surface area contributed by atoms with Crippen LogP contribution in [-0.4, -0.2) is 20.7 Å². The number of nitrogens with one attached hydrogen (secondary N) is 1. The SMILES string of the molecule is CC(C)Oc1ccc(S(=O)(=O)N/N=C/c2ccc(Br)cc2)cc1. The molecule has 0 aromatic heterocycles. The van der Waals surface area contributed by atoms with Gasteiger partial charge in [-0.15, -0.1) is 0 Å². The number of hydrazone groups is 1. The fourth-order valence-corrected chi connectivity index (χ4v) is 2.80. The standard InChI is InChI=1S/C16H17BrN2O3S/c1-12(2)22-15-7-9-16(10-8-15)23(20,21)19-18-11-13-3-5-14(17)6-4-13/h3-12,19H,1-2H3/b18-11+. The van der Waals surface area contributed by atoms with E-state index in [-0.39, 0.29) is 11.0 Å². The highest BCUT2D eigenvalue weighted by Gasteiger charge is 2.12. The first-order valence-corrected chi connectivity index (χ1v) is 9.21. The molecule has 0 saturated heterocycles. The van der Waals surface area contributed by atoms with Crippen LogP contribution in [0.15, 0.2) is 63.0 Å². The molecule has 0 fully saturated rings. The van der Waals surface area contributed by atoms with Gasteiger partial charge in [-0.2, -0.15) is 13.5 Å². The van der Waals surface area contributed by atoms with Crippen LogP contribution in [-0.2, 0) is 10.0 Å². The summed E-state index contributed by atoms with van der Waals surface area (Å²) in [6.45, 7) is 3.81. The van der Waals surface area contributed by atoms with Gasteiger partial charge in [-0.3, -0.25) is 0 Å². The van der Waals surface area contributed by atoms with Crippen molar-refractivity contribution >= 4 is 32.2 Å². The second-order valence-corrected chi connectivity index (χ2v) is 7.62. The second-order valence-electron chi connectivity index (χ2n) is 5.04. The third kappa shape index (κ3) is 5.37. The molecule has 0 amide bonds. The number of halogens is 1. The van der Waals surface area contributed by atoms with Crippen molar-refractivity contribution in [3.63, 3.8) is 0 Å². The van der Waals surface area contributed by atoms with E-state index in [0.29, 0.717) is 5.75 Å². The molecule has 2 aromatic carbocycles. The number of benzene rings is 2. The summed E-state index contributed by atoms with van der Waals surface area (Å²) >= 11 is 3.33. The van der Waals surface area contributed by atoms with E-state index in [1.54, 1.807) is 12.1 Å². The number of rotatable bonds is 6. The van der Waals surface area contributed by atoms with Crippen LogP contribution in [0, 0.1) is 0 Å². The Bertz CT molecular complexity index is 770. The predicted molar refractivity (Wildman–Crippen MR) is 94.3 cm³/mol. The molecule has 0 unspecified atom stereocenters. The van der Waals surface area contributed by atoms with Crippen molar-refractivity contribution in [2.45, 2.75) is 24.8 Å². The molecule has 0 spiro atoms. The predicted octanol–water partition coefficient (Wildman–Crippen LogP) is 3.55. The minimum absolute atomic E-state index is 0.0334. The zero-order valence-electron chi connectivity index (χ0n) is 12.7. The minimum Gasteiger partial charge on any atom is -0.491 e. The molecule has 2 aromatic rings. The first-order chi connectivity index (χ1) is 10.9. The Labute approximate surface area is 144 Å². The molecule has 5 nitrogen and oxygen atoms in total. The van der Waals surface area contributed by atoms with Gasteiger partial charge in [-0.25, -0.2) is 4.83 Å². The molecular weight excluding hydrogens is 380 g/mol. The number of ether oxygens (including phenoxy) is 1. The molecule has 0 aliphatic rings. The molecule has 2 rings (SSSR count). The lowest BCUT2D eigenvalue weighted by molar-refractivity contribution is 0.242. The lowest BCUT2D eigenvalue weighted by Gasteiger charge is -2.10. The number of hydrogen-bond acceptors (Lipinski definition) is 4. The van der Waals surface area contributed by atoms with E-state index in [4.69, 9.17) is 4.74 Å². The molecular formula is C16H17BrN2O3S.